The Morgan fingerprint density at radius 3 is 0.779 bits per heavy atom. The Labute approximate surface area is 480 Å². The summed E-state index contributed by atoms with van der Waals surface area (Å²) in [5.41, 5.74) is 0. The van der Waals surface area contributed by atoms with E-state index in [0.717, 1.165) is 89.9 Å². The van der Waals surface area contributed by atoms with Gasteiger partial charge in [-0.1, -0.05) is 327 Å². The molecule has 0 aromatic heterocycles. The molecule has 6 nitrogen and oxygen atoms in total. The lowest BCUT2D eigenvalue weighted by Gasteiger charge is -2.18. The molecule has 0 aromatic carbocycles. The fourth-order valence-electron chi connectivity index (χ4n) is 10.4. The van der Waals surface area contributed by atoms with Gasteiger partial charge in [-0.3, -0.25) is 14.4 Å². The van der Waals surface area contributed by atoms with E-state index in [1.54, 1.807) is 0 Å². The highest BCUT2D eigenvalue weighted by molar-refractivity contribution is 5.71. The number of esters is 3. The second-order valence-electron chi connectivity index (χ2n) is 23.4. The van der Waals surface area contributed by atoms with E-state index in [4.69, 9.17) is 14.2 Å². The van der Waals surface area contributed by atoms with Crippen LogP contribution in [0.2, 0.25) is 0 Å². The predicted molar refractivity (Wildman–Crippen MR) is 335 cm³/mol. The molecular formula is C71H132O6. The Hall–Kier alpha value is -2.37. The quantitative estimate of drug-likeness (QED) is 0.0261. The zero-order chi connectivity index (χ0) is 55.7. The molecule has 0 amide bonds. The van der Waals surface area contributed by atoms with Gasteiger partial charge in [-0.05, 0) is 70.6 Å². The molecule has 0 aliphatic carbocycles. The minimum Gasteiger partial charge on any atom is -0.462 e. The van der Waals surface area contributed by atoms with Gasteiger partial charge < -0.3 is 14.2 Å². The summed E-state index contributed by atoms with van der Waals surface area (Å²) >= 11 is 0. The molecular weight excluding hydrogens is 949 g/mol. The van der Waals surface area contributed by atoms with Crippen molar-refractivity contribution in [2.45, 2.75) is 386 Å². The molecule has 77 heavy (non-hydrogen) atoms. The summed E-state index contributed by atoms with van der Waals surface area (Å²) in [5, 5.41) is 0. The van der Waals surface area contributed by atoms with E-state index in [0.29, 0.717) is 19.3 Å². The number of carbonyl (C=O) groups excluding carboxylic acids is 3. The van der Waals surface area contributed by atoms with Crippen LogP contribution in [-0.2, 0) is 28.6 Å². The van der Waals surface area contributed by atoms with Gasteiger partial charge >= 0.3 is 17.9 Å². The molecule has 0 rings (SSSR count). The summed E-state index contributed by atoms with van der Waals surface area (Å²) in [4.78, 5) is 38.3. The lowest BCUT2D eigenvalue weighted by atomic mass is 10.0. The van der Waals surface area contributed by atoms with Crippen molar-refractivity contribution >= 4 is 17.9 Å². The van der Waals surface area contributed by atoms with Crippen molar-refractivity contribution in [1.29, 1.82) is 0 Å². The maximum absolute atomic E-state index is 12.9. The van der Waals surface area contributed by atoms with Crippen LogP contribution in [0.5, 0.6) is 0 Å². The molecule has 0 radical (unpaired) electrons. The molecule has 0 aromatic rings. The van der Waals surface area contributed by atoms with Crippen molar-refractivity contribution in [2.75, 3.05) is 13.2 Å². The molecule has 0 heterocycles. The van der Waals surface area contributed by atoms with E-state index >= 15 is 0 Å². The molecule has 0 aliphatic rings. The second kappa shape index (κ2) is 66.1. The Bertz CT molecular complexity index is 1290. The standard InChI is InChI=1S/C71H132O6/c1-4-7-10-13-16-19-22-25-27-28-29-30-31-32-33-34-35-36-37-38-39-40-41-42-44-46-49-52-55-58-61-64-70(73)76-67-68(66-75-69(72)63-60-57-54-51-48-45-24-21-18-15-12-9-6-3)77-71(74)65-62-59-56-53-50-47-43-26-23-20-17-14-11-8-5-2/h12,15,21,24,26,43,68H,4-11,13-14,16-20,22-23,25,27-42,44-67H2,1-3H3/b15-12-,24-21-,43-26-. The molecule has 0 aliphatic heterocycles. The first-order valence-corrected chi connectivity index (χ1v) is 34.5. The molecule has 6 heteroatoms. The van der Waals surface area contributed by atoms with E-state index in [9.17, 15) is 14.4 Å². The number of ether oxygens (including phenoxy) is 3. The third kappa shape index (κ3) is 64.3. The monoisotopic (exact) mass is 1080 g/mol. The third-order valence-corrected chi connectivity index (χ3v) is 15.6. The molecule has 0 spiro atoms. The van der Waals surface area contributed by atoms with E-state index in [1.165, 1.54) is 250 Å². The van der Waals surface area contributed by atoms with E-state index in [-0.39, 0.29) is 31.1 Å². The van der Waals surface area contributed by atoms with Gasteiger partial charge in [0.2, 0.25) is 0 Å². The van der Waals surface area contributed by atoms with Crippen LogP contribution in [0.25, 0.3) is 0 Å². The van der Waals surface area contributed by atoms with Gasteiger partial charge in [-0.2, -0.15) is 0 Å². The van der Waals surface area contributed by atoms with Crippen LogP contribution in [0.3, 0.4) is 0 Å². The number of carbonyl (C=O) groups is 3. The highest BCUT2D eigenvalue weighted by Crippen LogP contribution is 2.18. The van der Waals surface area contributed by atoms with Gasteiger partial charge in [0.1, 0.15) is 13.2 Å². The Morgan fingerprint density at radius 2 is 0.494 bits per heavy atom. The van der Waals surface area contributed by atoms with Gasteiger partial charge in [0.15, 0.2) is 6.10 Å². The van der Waals surface area contributed by atoms with Gasteiger partial charge in [-0.25, -0.2) is 0 Å². The second-order valence-corrected chi connectivity index (χ2v) is 23.4. The zero-order valence-corrected chi connectivity index (χ0v) is 52.0. The fourth-order valence-corrected chi connectivity index (χ4v) is 10.4. The van der Waals surface area contributed by atoms with Crippen molar-refractivity contribution < 1.29 is 28.6 Å². The molecule has 0 bridgehead atoms. The van der Waals surface area contributed by atoms with Crippen LogP contribution in [0.4, 0.5) is 0 Å². The summed E-state index contributed by atoms with van der Waals surface area (Å²) in [6.07, 6.45) is 81.9. The molecule has 1 unspecified atom stereocenters. The summed E-state index contributed by atoms with van der Waals surface area (Å²) < 4.78 is 16.9. The van der Waals surface area contributed by atoms with Crippen molar-refractivity contribution in [1.82, 2.24) is 0 Å². The Kier molecular flexibility index (Phi) is 64.1. The minimum absolute atomic E-state index is 0.0761. The van der Waals surface area contributed by atoms with Crippen LogP contribution >= 0.6 is 0 Å². The SMILES string of the molecule is CCC/C=C\C/C=C\CCCCCCCC(=O)OCC(COC(=O)CCCCCCCCCCCCCCCCCCCCCCCCCCCCCCCCC)OC(=O)CCCCCCC/C=C\CCCCCCCC. The van der Waals surface area contributed by atoms with Crippen LogP contribution < -0.4 is 0 Å². The number of hydrogen-bond acceptors (Lipinski definition) is 6. The predicted octanol–water partition coefficient (Wildman–Crippen LogP) is 23.6. The minimum atomic E-state index is -0.781. The van der Waals surface area contributed by atoms with Gasteiger partial charge in [0, 0.05) is 19.3 Å². The number of unbranched alkanes of at least 4 members (excludes halogenated alkanes) is 47. The van der Waals surface area contributed by atoms with Gasteiger partial charge in [-0.15, -0.1) is 0 Å². The normalized spacial score (nSPS) is 12.2. The van der Waals surface area contributed by atoms with Crippen molar-refractivity contribution in [3.05, 3.63) is 36.5 Å². The topological polar surface area (TPSA) is 78.9 Å². The highest BCUT2D eigenvalue weighted by Gasteiger charge is 2.19. The zero-order valence-electron chi connectivity index (χ0n) is 52.0. The molecule has 1 atom stereocenters. The van der Waals surface area contributed by atoms with Gasteiger partial charge in [0.25, 0.3) is 0 Å². The molecule has 0 N–H and O–H groups in total. The number of hydrogen-bond donors (Lipinski definition) is 0. The molecule has 0 saturated heterocycles. The first-order valence-electron chi connectivity index (χ1n) is 34.5. The smallest absolute Gasteiger partial charge is 0.306 e. The van der Waals surface area contributed by atoms with Crippen LogP contribution in [0.15, 0.2) is 36.5 Å². The van der Waals surface area contributed by atoms with Crippen molar-refractivity contribution in [3.8, 4) is 0 Å². The lowest BCUT2D eigenvalue weighted by molar-refractivity contribution is -0.167. The van der Waals surface area contributed by atoms with Gasteiger partial charge in [0.05, 0.1) is 0 Å². The van der Waals surface area contributed by atoms with Crippen molar-refractivity contribution in [2.24, 2.45) is 0 Å². The maximum Gasteiger partial charge on any atom is 0.306 e. The van der Waals surface area contributed by atoms with Crippen molar-refractivity contribution in [3.63, 3.8) is 0 Å². The van der Waals surface area contributed by atoms with Crippen LogP contribution in [0, 0.1) is 0 Å². The van der Waals surface area contributed by atoms with Crippen LogP contribution in [-0.4, -0.2) is 37.2 Å². The molecule has 0 saturated carbocycles. The summed E-state index contributed by atoms with van der Waals surface area (Å²) in [6, 6.07) is 0. The maximum atomic E-state index is 12.9. The first-order chi connectivity index (χ1) is 38.0. The highest BCUT2D eigenvalue weighted by atomic mass is 16.6. The van der Waals surface area contributed by atoms with E-state index in [1.807, 2.05) is 0 Å². The largest absolute Gasteiger partial charge is 0.462 e. The van der Waals surface area contributed by atoms with E-state index < -0.39 is 6.10 Å². The van der Waals surface area contributed by atoms with E-state index in [2.05, 4.69) is 57.2 Å². The Morgan fingerprint density at radius 1 is 0.260 bits per heavy atom. The summed E-state index contributed by atoms with van der Waals surface area (Å²) in [7, 11) is 0. The fraction of sp³-hybridized carbons (Fsp3) is 0.873. The average Bonchev–Trinajstić information content (AvgIpc) is 3.43. The summed E-state index contributed by atoms with van der Waals surface area (Å²) in [6.45, 7) is 6.61. The first kappa shape index (κ1) is 74.6. The summed E-state index contributed by atoms with van der Waals surface area (Å²) in [5.74, 6) is -0.877. The Balaban J connectivity index is 4.11. The van der Waals surface area contributed by atoms with Crippen LogP contribution in [0.1, 0.15) is 380 Å². The lowest BCUT2D eigenvalue weighted by Crippen LogP contribution is -2.30. The number of rotatable bonds is 64. The molecule has 452 valence electrons. The average molecular weight is 1080 g/mol. The third-order valence-electron chi connectivity index (χ3n) is 15.6. The molecule has 0 fully saturated rings. The number of allylic oxidation sites excluding steroid dienone is 6.